The third-order valence-corrected chi connectivity index (χ3v) is 4.14. The second kappa shape index (κ2) is 11.2. The van der Waals surface area contributed by atoms with Crippen LogP contribution in [0.2, 0.25) is 0 Å². The lowest BCUT2D eigenvalue weighted by atomic mass is 9.95. The number of carbonyl (C=O) groups excluding carboxylic acids is 1. The summed E-state index contributed by atoms with van der Waals surface area (Å²) in [4.78, 5) is 32.6. The van der Waals surface area contributed by atoms with E-state index in [0.29, 0.717) is 0 Å². The van der Waals surface area contributed by atoms with Gasteiger partial charge in [0.1, 0.15) is 5.75 Å². The van der Waals surface area contributed by atoms with Gasteiger partial charge in [-0.05, 0) is 57.5 Å². The minimum absolute atomic E-state index is 0.180. The zero-order valence-corrected chi connectivity index (χ0v) is 16.0. The van der Waals surface area contributed by atoms with E-state index in [2.05, 4.69) is 22.3 Å². The number of nitrogens with one attached hydrogen (secondary N) is 1. The molecule has 3 N–H and O–H groups in total. The summed E-state index contributed by atoms with van der Waals surface area (Å²) in [6, 6.07) is 8.44. The van der Waals surface area contributed by atoms with E-state index in [9.17, 15) is 4.79 Å². The number of aliphatic carboxylic acids is 2. The van der Waals surface area contributed by atoms with Crippen LogP contribution in [0.5, 0.6) is 5.75 Å². The highest BCUT2D eigenvalue weighted by atomic mass is 16.5. The van der Waals surface area contributed by atoms with Crippen molar-refractivity contribution in [2.45, 2.75) is 39.3 Å². The number of nitrogens with zero attached hydrogens (tertiary/aromatic N) is 1. The summed E-state index contributed by atoms with van der Waals surface area (Å²) in [5.41, 5.74) is 1.29. The van der Waals surface area contributed by atoms with Gasteiger partial charge in [0.2, 0.25) is 5.91 Å². The van der Waals surface area contributed by atoms with Gasteiger partial charge in [0.15, 0.2) is 0 Å². The Labute approximate surface area is 159 Å². The number of benzene rings is 1. The summed E-state index contributed by atoms with van der Waals surface area (Å²) < 4.78 is 5.17. The number of methoxy groups -OCH3 is 1. The van der Waals surface area contributed by atoms with Crippen LogP contribution < -0.4 is 10.1 Å². The van der Waals surface area contributed by atoms with Crippen LogP contribution in [0.15, 0.2) is 24.3 Å². The zero-order valence-electron chi connectivity index (χ0n) is 16.0. The molecule has 8 heteroatoms. The van der Waals surface area contributed by atoms with Gasteiger partial charge in [0.05, 0.1) is 7.11 Å². The van der Waals surface area contributed by atoms with Crippen molar-refractivity contribution in [2.24, 2.45) is 5.92 Å². The number of hydrogen-bond acceptors (Lipinski definition) is 5. The molecule has 1 saturated heterocycles. The Morgan fingerprint density at radius 1 is 1.11 bits per heavy atom. The smallest absolute Gasteiger partial charge is 0.414 e. The minimum atomic E-state index is -1.82. The molecule has 0 aromatic heterocycles. The molecule has 0 bridgehead atoms. The zero-order chi connectivity index (χ0) is 20.4. The first kappa shape index (κ1) is 22.4. The normalized spacial score (nSPS) is 14.8. The fourth-order valence-electron chi connectivity index (χ4n) is 2.74. The average Bonchev–Trinajstić information content (AvgIpc) is 2.63. The minimum Gasteiger partial charge on any atom is -0.497 e. The molecule has 8 nitrogen and oxygen atoms in total. The molecular formula is C19H28N2O6. The number of carboxylic acid groups (broad SMARTS) is 2. The molecule has 1 aromatic rings. The van der Waals surface area contributed by atoms with Crippen LogP contribution in [0.1, 0.15) is 32.3 Å². The van der Waals surface area contributed by atoms with E-state index in [-0.39, 0.29) is 17.9 Å². The fraction of sp³-hybridized carbons (Fsp3) is 0.526. The average molecular weight is 380 g/mol. The quantitative estimate of drug-likeness (QED) is 0.664. The van der Waals surface area contributed by atoms with Gasteiger partial charge in [0.25, 0.3) is 0 Å². The van der Waals surface area contributed by atoms with Gasteiger partial charge in [-0.3, -0.25) is 9.69 Å². The van der Waals surface area contributed by atoms with Crippen LogP contribution in [0, 0.1) is 5.92 Å². The maximum atomic E-state index is 12.0. The molecule has 1 aliphatic heterocycles. The van der Waals surface area contributed by atoms with Crippen LogP contribution >= 0.6 is 0 Å². The van der Waals surface area contributed by atoms with Crippen molar-refractivity contribution < 1.29 is 29.3 Å². The molecule has 0 spiro atoms. The molecule has 27 heavy (non-hydrogen) atoms. The van der Waals surface area contributed by atoms with E-state index in [4.69, 9.17) is 24.5 Å². The summed E-state index contributed by atoms with van der Waals surface area (Å²) in [6.07, 6.45) is 1.91. The van der Waals surface area contributed by atoms with Crippen molar-refractivity contribution in [1.82, 2.24) is 10.2 Å². The Morgan fingerprint density at radius 3 is 2.04 bits per heavy atom. The van der Waals surface area contributed by atoms with Crippen LogP contribution in [-0.2, 0) is 20.9 Å². The number of hydrogen-bond donors (Lipinski definition) is 3. The van der Waals surface area contributed by atoms with Crippen molar-refractivity contribution in [2.75, 3.05) is 20.2 Å². The highest BCUT2D eigenvalue weighted by Crippen LogP contribution is 2.20. The number of ether oxygens (including phenoxy) is 1. The van der Waals surface area contributed by atoms with E-state index in [0.717, 1.165) is 38.2 Å². The molecule has 0 radical (unpaired) electrons. The lowest BCUT2D eigenvalue weighted by Crippen LogP contribution is -2.42. The van der Waals surface area contributed by atoms with Gasteiger partial charge >= 0.3 is 11.9 Å². The second-order valence-electron chi connectivity index (χ2n) is 6.67. The van der Waals surface area contributed by atoms with Crippen LogP contribution in [0.3, 0.4) is 0 Å². The number of rotatable bonds is 5. The van der Waals surface area contributed by atoms with Gasteiger partial charge in [-0.25, -0.2) is 9.59 Å². The van der Waals surface area contributed by atoms with E-state index in [1.807, 2.05) is 26.0 Å². The number of amides is 1. The fourth-order valence-corrected chi connectivity index (χ4v) is 2.74. The van der Waals surface area contributed by atoms with Gasteiger partial charge < -0.3 is 20.3 Å². The SMILES string of the molecule is COc1ccc(CN2CCC(C(=O)NC(C)C)CC2)cc1.O=C(O)C(=O)O. The number of likely N-dealkylation sites (tertiary alicyclic amines) is 1. The van der Waals surface area contributed by atoms with Gasteiger partial charge in [0, 0.05) is 18.5 Å². The molecule has 2 rings (SSSR count). The molecule has 0 saturated carbocycles. The number of carbonyl (C=O) groups is 3. The Bertz CT molecular complexity index is 610. The van der Waals surface area contributed by atoms with E-state index in [1.165, 1.54) is 5.56 Å². The van der Waals surface area contributed by atoms with Crippen molar-refractivity contribution in [3.8, 4) is 5.75 Å². The first-order chi connectivity index (χ1) is 12.7. The van der Waals surface area contributed by atoms with Gasteiger partial charge in [-0.2, -0.15) is 0 Å². The molecular weight excluding hydrogens is 352 g/mol. The van der Waals surface area contributed by atoms with Crippen molar-refractivity contribution in [3.63, 3.8) is 0 Å². The summed E-state index contributed by atoms with van der Waals surface area (Å²) >= 11 is 0. The number of piperidine rings is 1. The molecule has 1 aliphatic rings. The van der Waals surface area contributed by atoms with Crippen molar-refractivity contribution >= 4 is 17.8 Å². The summed E-state index contributed by atoms with van der Waals surface area (Å²) in [5, 5.41) is 17.8. The standard InChI is InChI=1S/C17H26N2O2.C2H2O4/c1-13(2)18-17(20)15-8-10-19(11-9-15)12-14-4-6-16(21-3)7-5-14;3-1(4)2(5)6/h4-7,13,15H,8-12H2,1-3H3,(H,18,20);(H,3,4)(H,5,6). The predicted molar refractivity (Wildman–Crippen MR) is 99.5 cm³/mol. The lowest BCUT2D eigenvalue weighted by Gasteiger charge is -2.31. The maximum absolute atomic E-state index is 12.0. The largest absolute Gasteiger partial charge is 0.497 e. The molecule has 1 heterocycles. The summed E-state index contributed by atoms with van der Waals surface area (Å²) in [7, 11) is 1.68. The third kappa shape index (κ3) is 8.54. The highest BCUT2D eigenvalue weighted by molar-refractivity contribution is 6.27. The van der Waals surface area contributed by atoms with E-state index >= 15 is 0 Å². The maximum Gasteiger partial charge on any atom is 0.414 e. The summed E-state index contributed by atoms with van der Waals surface area (Å²) in [6.45, 7) is 6.94. The van der Waals surface area contributed by atoms with Crippen LogP contribution in [0.25, 0.3) is 0 Å². The van der Waals surface area contributed by atoms with E-state index in [1.54, 1.807) is 7.11 Å². The molecule has 1 amide bonds. The Morgan fingerprint density at radius 2 is 1.63 bits per heavy atom. The van der Waals surface area contributed by atoms with Crippen LogP contribution in [0.4, 0.5) is 0 Å². The number of carboxylic acids is 2. The Kier molecular flexibility index (Phi) is 9.29. The van der Waals surface area contributed by atoms with Crippen molar-refractivity contribution in [1.29, 1.82) is 0 Å². The molecule has 0 atom stereocenters. The topological polar surface area (TPSA) is 116 Å². The monoisotopic (exact) mass is 380 g/mol. The van der Waals surface area contributed by atoms with Gasteiger partial charge in [-0.15, -0.1) is 0 Å². The van der Waals surface area contributed by atoms with E-state index < -0.39 is 11.9 Å². The van der Waals surface area contributed by atoms with Gasteiger partial charge in [-0.1, -0.05) is 12.1 Å². The molecule has 0 aliphatic carbocycles. The second-order valence-corrected chi connectivity index (χ2v) is 6.67. The molecule has 1 fully saturated rings. The Hall–Kier alpha value is -2.61. The third-order valence-electron chi connectivity index (χ3n) is 4.14. The summed E-state index contributed by atoms with van der Waals surface area (Å²) in [5.74, 6) is -2.36. The highest BCUT2D eigenvalue weighted by Gasteiger charge is 2.25. The molecule has 150 valence electrons. The molecule has 1 aromatic carbocycles. The molecule has 0 unspecified atom stereocenters. The lowest BCUT2D eigenvalue weighted by molar-refractivity contribution is -0.159. The first-order valence-corrected chi connectivity index (χ1v) is 8.84. The van der Waals surface area contributed by atoms with Crippen molar-refractivity contribution in [3.05, 3.63) is 29.8 Å². The predicted octanol–water partition coefficient (Wildman–Crippen LogP) is 1.59. The first-order valence-electron chi connectivity index (χ1n) is 8.84. The Balaban J connectivity index is 0.000000527. The van der Waals surface area contributed by atoms with Crippen LogP contribution in [-0.4, -0.2) is 59.2 Å².